The number of carbonyl (C=O) groups excluding carboxylic acids is 2. The molecule has 1 aliphatic carbocycles. The first kappa shape index (κ1) is 22.5. The molecule has 0 atom stereocenters. The van der Waals surface area contributed by atoms with Gasteiger partial charge in [-0.2, -0.15) is 0 Å². The highest BCUT2D eigenvalue weighted by atomic mass is 16.3. The van der Waals surface area contributed by atoms with Gasteiger partial charge >= 0.3 is 0 Å². The Balaban J connectivity index is 1.55. The highest BCUT2D eigenvalue weighted by Crippen LogP contribution is 2.29. The largest absolute Gasteiger partial charge is 0.443 e. The number of allylic oxidation sites excluding steroid dienone is 1. The molecule has 3 aromatic rings. The molecule has 0 fully saturated rings. The van der Waals surface area contributed by atoms with Crippen LogP contribution in [0, 0.1) is 0 Å². The summed E-state index contributed by atoms with van der Waals surface area (Å²) in [5.74, 6) is -0.156. The van der Waals surface area contributed by atoms with E-state index >= 15 is 0 Å². The van der Waals surface area contributed by atoms with Crippen molar-refractivity contribution < 1.29 is 14.0 Å². The normalized spacial score (nSPS) is 13.3. The molecular weight excluding hydrogens is 414 g/mol. The van der Waals surface area contributed by atoms with Gasteiger partial charge in [0.25, 0.3) is 11.8 Å². The lowest BCUT2D eigenvalue weighted by Crippen LogP contribution is -2.31. The van der Waals surface area contributed by atoms with Crippen molar-refractivity contribution in [3.63, 3.8) is 0 Å². The minimum Gasteiger partial charge on any atom is -0.443 e. The van der Waals surface area contributed by atoms with Crippen LogP contribution in [0.2, 0.25) is 0 Å². The molecule has 2 aromatic carbocycles. The quantitative estimate of drug-likeness (QED) is 0.458. The number of benzene rings is 2. The van der Waals surface area contributed by atoms with Crippen molar-refractivity contribution in [2.75, 3.05) is 18.0 Å². The van der Waals surface area contributed by atoms with Gasteiger partial charge in [-0.05, 0) is 57.2 Å². The summed E-state index contributed by atoms with van der Waals surface area (Å²) in [4.78, 5) is 32.2. The van der Waals surface area contributed by atoms with Crippen LogP contribution in [0.4, 0.5) is 5.69 Å². The summed E-state index contributed by atoms with van der Waals surface area (Å²) >= 11 is 0. The highest BCUT2D eigenvalue weighted by molar-refractivity contribution is 6.11. The second kappa shape index (κ2) is 10.8. The van der Waals surface area contributed by atoms with Gasteiger partial charge in [0.2, 0.25) is 0 Å². The Bertz CT molecular complexity index is 1130. The lowest BCUT2D eigenvalue weighted by atomic mass is 9.97. The van der Waals surface area contributed by atoms with Crippen LogP contribution in [0.1, 0.15) is 59.9 Å². The van der Waals surface area contributed by atoms with Crippen molar-refractivity contribution in [3.05, 3.63) is 83.9 Å². The molecule has 2 amide bonds. The standard InChI is InChI=1S/C27H29N3O3/c1-2-30(21-13-7-4-8-14-21)27(32)23-16-10-9-15-22(23)25-24(29-19-33-25)26(31)28-18-17-20-11-5-3-6-12-20/h4,7-11,13-16,19H,2-3,5-6,12,17-18H2,1H3,(H,28,31). The Morgan fingerprint density at radius 3 is 2.61 bits per heavy atom. The van der Waals surface area contributed by atoms with Crippen LogP contribution < -0.4 is 10.2 Å². The Labute approximate surface area is 194 Å². The second-order valence-corrected chi connectivity index (χ2v) is 8.07. The second-order valence-electron chi connectivity index (χ2n) is 8.07. The van der Waals surface area contributed by atoms with Crippen LogP contribution in [-0.4, -0.2) is 29.9 Å². The third-order valence-corrected chi connectivity index (χ3v) is 5.93. The van der Waals surface area contributed by atoms with Gasteiger partial charge in [-0.1, -0.05) is 48.0 Å². The van der Waals surface area contributed by atoms with Crippen LogP contribution in [-0.2, 0) is 0 Å². The summed E-state index contributed by atoms with van der Waals surface area (Å²) in [5.41, 5.74) is 3.41. The number of aromatic nitrogens is 1. The van der Waals surface area contributed by atoms with E-state index < -0.39 is 0 Å². The van der Waals surface area contributed by atoms with Gasteiger partial charge in [-0.15, -0.1) is 0 Å². The van der Waals surface area contributed by atoms with Crippen LogP contribution in [0.5, 0.6) is 0 Å². The van der Waals surface area contributed by atoms with E-state index in [1.807, 2.05) is 49.4 Å². The molecule has 1 heterocycles. The van der Waals surface area contributed by atoms with Gasteiger partial charge in [0, 0.05) is 24.3 Å². The van der Waals surface area contributed by atoms with E-state index in [1.54, 1.807) is 17.0 Å². The number of anilines is 1. The van der Waals surface area contributed by atoms with Gasteiger partial charge in [0.05, 0.1) is 5.56 Å². The van der Waals surface area contributed by atoms with E-state index in [-0.39, 0.29) is 17.5 Å². The smallest absolute Gasteiger partial charge is 0.273 e. The molecule has 0 saturated carbocycles. The third-order valence-electron chi connectivity index (χ3n) is 5.93. The highest BCUT2D eigenvalue weighted by Gasteiger charge is 2.25. The minimum atomic E-state index is -0.298. The van der Waals surface area contributed by atoms with E-state index in [1.165, 1.54) is 24.8 Å². The van der Waals surface area contributed by atoms with E-state index in [0.29, 0.717) is 30.0 Å². The number of rotatable bonds is 8. The predicted octanol–water partition coefficient (Wildman–Crippen LogP) is 5.63. The predicted molar refractivity (Wildman–Crippen MR) is 129 cm³/mol. The molecule has 170 valence electrons. The third kappa shape index (κ3) is 5.22. The molecule has 4 rings (SSSR count). The Hall–Kier alpha value is -3.67. The zero-order chi connectivity index (χ0) is 23.0. The van der Waals surface area contributed by atoms with Gasteiger partial charge in [-0.3, -0.25) is 9.59 Å². The number of carbonyl (C=O) groups is 2. The molecular formula is C27H29N3O3. The lowest BCUT2D eigenvalue weighted by molar-refractivity contribution is 0.0947. The molecule has 1 aromatic heterocycles. The van der Waals surface area contributed by atoms with Crippen molar-refractivity contribution in [2.45, 2.75) is 39.0 Å². The van der Waals surface area contributed by atoms with Gasteiger partial charge < -0.3 is 14.6 Å². The number of nitrogens with zero attached hydrogens (tertiary/aromatic N) is 2. The average Bonchev–Trinajstić information content (AvgIpc) is 3.36. The van der Waals surface area contributed by atoms with Crippen LogP contribution in [0.15, 0.2) is 77.1 Å². The first-order valence-electron chi connectivity index (χ1n) is 11.5. The SMILES string of the molecule is CCN(C(=O)c1ccccc1-c1ocnc1C(=O)NCCC1=CCCCC1)c1ccccc1. The number of para-hydroxylation sites is 1. The summed E-state index contributed by atoms with van der Waals surface area (Å²) in [6, 6.07) is 16.7. The fourth-order valence-corrected chi connectivity index (χ4v) is 4.22. The number of hydrogen-bond donors (Lipinski definition) is 1. The maximum absolute atomic E-state index is 13.5. The minimum absolute atomic E-state index is 0.161. The number of nitrogens with one attached hydrogen (secondary N) is 1. The molecule has 1 N–H and O–H groups in total. The molecule has 33 heavy (non-hydrogen) atoms. The monoisotopic (exact) mass is 443 g/mol. The van der Waals surface area contributed by atoms with Crippen molar-refractivity contribution in [1.82, 2.24) is 10.3 Å². The number of amides is 2. The van der Waals surface area contributed by atoms with Crippen molar-refractivity contribution in [1.29, 1.82) is 0 Å². The van der Waals surface area contributed by atoms with Crippen molar-refractivity contribution in [3.8, 4) is 11.3 Å². The van der Waals surface area contributed by atoms with Gasteiger partial charge in [-0.25, -0.2) is 4.98 Å². The number of oxazole rings is 1. The molecule has 1 aliphatic rings. The van der Waals surface area contributed by atoms with Crippen molar-refractivity contribution in [2.24, 2.45) is 0 Å². The van der Waals surface area contributed by atoms with E-state index in [4.69, 9.17) is 4.42 Å². The maximum atomic E-state index is 13.5. The Morgan fingerprint density at radius 1 is 1.06 bits per heavy atom. The summed E-state index contributed by atoms with van der Waals surface area (Å²) in [6.45, 7) is 2.99. The molecule has 0 saturated heterocycles. The summed E-state index contributed by atoms with van der Waals surface area (Å²) in [7, 11) is 0. The topological polar surface area (TPSA) is 75.4 Å². The van der Waals surface area contributed by atoms with E-state index in [2.05, 4.69) is 16.4 Å². The van der Waals surface area contributed by atoms with Crippen LogP contribution in [0.25, 0.3) is 11.3 Å². The van der Waals surface area contributed by atoms with Crippen LogP contribution in [0.3, 0.4) is 0 Å². The first-order valence-corrected chi connectivity index (χ1v) is 11.5. The Morgan fingerprint density at radius 2 is 1.85 bits per heavy atom. The Kier molecular flexibility index (Phi) is 7.35. The molecule has 6 nitrogen and oxygen atoms in total. The van der Waals surface area contributed by atoms with E-state index in [0.717, 1.165) is 24.9 Å². The molecule has 6 heteroatoms. The molecule has 0 spiro atoms. The fourth-order valence-electron chi connectivity index (χ4n) is 4.22. The summed E-state index contributed by atoms with van der Waals surface area (Å²) in [6.07, 6.45) is 9.08. The molecule has 0 bridgehead atoms. The first-order chi connectivity index (χ1) is 16.2. The fraction of sp³-hybridized carbons (Fsp3) is 0.296. The lowest BCUT2D eigenvalue weighted by Gasteiger charge is -2.22. The summed E-state index contributed by atoms with van der Waals surface area (Å²) < 4.78 is 5.62. The van der Waals surface area contributed by atoms with Crippen molar-refractivity contribution >= 4 is 17.5 Å². The maximum Gasteiger partial charge on any atom is 0.273 e. The van der Waals surface area contributed by atoms with Gasteiger partial charge in [0.1, 0.15) is 0 Å². The number of hydrogen-bond acceptors (Lipinski definition) is 4. The van der Waals surface area contributed by atoms with Crippen LogP contribution >= 0.6 is 0 Å². The molecule has 0 aliphatic heterocycles. The zero-order valence-electron chi connectivity index (χ0n) is 18.9. The molecule has 0 radical (unpaired) electrons. The zero-order valence-corrected chi connectivity index (χ0v) is 18.9. The molecule has 0 unspecified atom stereocenters. The average molecular weight is 444 g/mol. The van der Waals surface area contributed by atoms with Gasteiger partial charge in [0.15, 0.2) is 17.8 Å². The van der Waals surface area contributed by atoms with E-state index in [9.17, 15) is 9.59 Å². The summed E-state index contributed by atoms with van der Waals surface area (Å²) in [5, 5.41) is 2.95.